The predicted octanol–water partition coefficient (Wildman–Crippen LogP) is 9.79. The van der Waals surface area contributed by atoms with E-state index in [9.17, 15) is 0 Å². The Kier molecular flexibility index (Phi) is 20.2. The first-order valence-corrected chi connectivity index (χ1v) is 15.6. The highest BCUT2D eigenvalue weighted by atomic mass is 79.9. The minimum absolute atomic E-state index is 0.499. The summed E-state index contributed by atoms with van der Waals surface area (Å²) in [5, 5.41) is 0. The number of halogens is 1. The maximum absolute atomic E-state index is 4.30. The molecule has 0 nitrogen and oxygen atoms in total. The normalized spacial score (nSPS) is 12.6. The molecule has 0 aromatic heterocycles. The molecule has 0 bridgehead atoms. The van der Waals surface area contributed by atoms with Crippen molar-refractivity contribution >= 4 is 23.3 Å². The van der Waals surface area contributed by atoms with Gasteiger partial charge in [-0.15, -0.1) is 0 Å². The molecule has 0 aliphatic carbocycles. The Labute approximate surface area is 170 Å². The van der Waals surface area contributed by atoms with Gasteiger partial charge in [-0.1, -0.05) is 111 Å². The molecule has 25 heavy (non-hydrogen) atoms. The molecule has 0 aromatic rings. The fourth-order valence-electron chi connectivity index (χ4n) is 3.55. The molecule has 0 aliphatic rings. The lowest BCUT2D eigenvalue weighted by Gasteiger charge is -2.34. The fraction of sp³-hybridized carbons (Fsp3) is 1.00. The third-order valence-corrected chi connectivity index (χ3v) is 11.3. The van der Waals surface area contributed by atoms with Gasteiger partial charge in [-0.25, -0.2) is 0 Å². The minimum Gasteiger partial charge on any atom is -0.183 e. The smallest absolute Gasteiger partial charge is 0.0136 e. The Bertz CT molecular complexity index is 238. The third kappa shape index (κ3) is 18.0. The summed E-state index contributed by atoms with van der Waals surface area (Å²) < 4.78 is 0. The number of hydrogen-bond acceptors (Lipinski definition) is 0. The van der Waals surface area contributed by atoms with Crippen LogP contribution in [0.3, 0.4) is 0 Å². The molecule has 0 aliphatic heterocycles. The molecule has 0 spiro atoms. The molecule has 0 fully saturated rings. The van der Waals surface area contributed by atoms with Crippen molar-refractivity contribution < 1.29 is 0 Å². The van der Waals surface area contributed by atoms with Crippen LogP contribution in [0.15, 0.2) is 0 Å². The van der Waals surface area contributed by atoms with E-state index in [-0.39, 0.29) is 0 Å². The first kappa shape index (κ1) is 25.8. The van der Waals surface area contributed by atoms with Crippen molar-refractivity contribution in [2.45, 2.75) is 130 Å². The molecule has 0 saturated carbocycles. The SMILES string of the molecule is CCCCCCCCS(Br)(CCCCCCC)CCCCCCCC. The summed E-state index contributed by atoms with van der Waals surface area (Å²) in [6.45, 7) is 6.94. The fourth-order valence-corrected chi connectivity index (χ4v) is 8.39. The van der Waals surface area contributed by atoms with Crippen molar-refractivity contribution in [3.63, 3.8) is 0 Å². The lowest BCUT2D eigenvalue weighted by molar-refractivity contribution is 0.622. The van der Waals surface area contributed by atoms with Crippen LogP contribution >= 0.6 is 23.3 Å². The summed E-state index contributed by atoms with van der Waals surface area (Å²) in [7, 11) is -0.499. The molecular formula is C23H49BrS. The van der Waals surface area contributed by atoms with Gasteiger partial charge in [0.2, 0.25) is 0 Å². The lowest BCUT2D eigenvalue weighted by Crippen LogP contribution is -2.08. The molecule has 0 aromatic carbocycles. The molecule has 154 valence electrons. The van der Waals surface area contributed by atoms with E-state index in [0.29, 0.717) is 0 Å². The maximum Gasteiger partial charge on any atom is -0.0136 e. The Hall–Kier alpha value is 0.830. The van der Waals surface area contributed by atoms with Crippen LogP contribution in [0, 0.1) is 0 Å². The van der Waals surface area contributed by atoms with E-state index in [1.807, 2.05) is 0 Å². The molecule has 0 unspecified atom stereocenters. The molecule has 0 heterocycles. The number of hydrogen-bond donors (Lipinski definition) is 0. The summed E-state index contributed by atoms with van der Waals surface area (Å²) in [6.07, 6.45) is 24.5. The van der Waals surface area contributed by atoms with Crippen LogP contribution in [0.25, 0.3) is 0 Å². The van der Waals surface area contributed by atoms with E-state index in [0.717, 1.165) is 0 Å². The van der Waals surface area contributed by atoms with Crippen molar-refractivity contribution in [3.8, 4) is 0 Å². The van der Waals surface area contributed by atoms with Crippen molar-refractivity contribution in [1.82, 2.24) is 0 Å². The molecular weight excluding hydrogens is 388 g/mol. The van der Waals surface area contributed by atoms with E-state index >= 15 is 0 Å². The second-order valence-corrected chi connectivity index (χ2v) is 15.2. The van der Waals surface area contributed by atoms with Crippen LogP contribution in [0.2, 0.25) is 0 Å². The van der Waals surface area contributed by atoms with Crippen molar-refractivity contribution in [2.75, 3.05) is 17.3 Å². The third-order valence-electron chi connectivity index (χ3n) is 5.34. The zero-order chi connectivity index (χ0) is 18.6. The van der Waals surface area contributed by atoms with Gasteiger partial charge in [-0.05, 0) is 51.3 Å². The van der Waals surface area contributed by atoms with Gasteiger partial charge in [0.1, 0.15) is 0 Å². The molecule has 0 atom stereocenters. The molecule has 0 N–H and O–H groups in total. The van der Waals surface area contributed by atoms with Gasteiger partial charge in [0.15, 0.2) is 0 Å². The van der Waals surface area contributed by atoms with Crippen LogP contribution in [0.4, 0.5) is 0 Å². The van der Waals surface area contributed by atoms with Crippen LogP contribution in [-0.2, 0) is 0 Å². The first-order valence-electron chi connectivity index (χ1n) is 11.6. The Morgan fingerprint density at radius 1 is 0.400 bits per heavy atom. The largest absolute Gasteiger partial charge is 0.183 e. The Morgan fingerprint density at radius 3 is 0.920 bits per heavy atom. The monoisotopic (exact) mass is 436 g/mol. The summed E-state index contributed by atoms with van der Waals surface area (Å²) >= 11 is 4.30. The number of rotatable bonds is 20. The Morgan fingerprint density at radius 2 is 0.640 bits per heavy atom. The Balaban J connectivity index is 4.01. The summed E-state index contributed by atoms with van der Waals surface area (Å²) in [6, 6.07) is 0. The predicted molar refractivity (Wildman–Crippen MR) is 127 cm³/mol. The van der Waals surface area contributed by atoms with Crippen LogP contribution < -0.4 is 0 Å². The van der Waals surface area contributed by atoms with E-state index in [1.54, 1.807) is 0 Å². The highest BCUT2D eigenvalue weighted by Crippen LogP contribution is 2.57. The van der Waals surface area contributed by atoms with Crippen LogP contribution in [0.1, 0.15) is 130 Å². The highest BCUT2D eigenvalue weighted by molar-refractivity contribution is 9.58. The second-order valence-electron chi connectivity index (χ2n) is 8.00. The van der Waals surface area contributed by atoms with Gasteiger partial charge < -0.3 is 0 Å². The zero-order valence-electron chi connectivity index (χ0n) is 17.9. The first-order chi connectivity index (χ1) is 12.2. The van der Waals surface area contributed by atoms with Crippen molar-refractivity contribution in [2.24, 2.45) is 0 Å². The van der Waals surface area contributed by atoms with Crippen molar-refractivity contribution in [1.29, 1.82) is 0 Å². The van der Waals surface area contributed by atoms with E-state index in [1.165, 1.54) is 126 Å². The van der Waals surface area contributed by atoms with Gasteiger partial charge in [0, 0.05) is 0 Å². The van der Waals surface area contributed by atoms with Gasteiger partial charge in [-0.3, -0.25) is 0 Å². The highest BCUT2D eigenvalue weighted by Gasteiger charge is 2.19. The minimum atomic E-state index is -0.499. The van der Waals surface area contributed by atoms with E-state index in [4.69, 9.17) is 0 Å². The van der Waals surface area contributed by atoms with Crippen molar-refractivity contribution in [3.05, 3.63) is 0 Å². The lowest BCUT2D eigenvalue weighted by atomic mass is 10.1. The molecule has 2 heteroatoms. The summed E-state index contributed by atoms with van der Waals surface area (Å²) in [5.41, 5.74) is 0. The number of unbranched alkanes of at least 4 members (excludes halogenated alkanes) is 14. The van der Waals surface area contributed by atoms with Crippen LogP contribution in [0.5, 0.6) is 0 Å². The molecule has 0 amide bonds. The zero-order valence-corrected chi connectivity index (χ0v) is 20.3. The maximum atomic E-state index is 4.30. The summed E-state index contributed by atoms with van der Waals surface area (Å²) in [4.78, 5) is 0. The molecule has 0 radical (unpaired) electrons. The second kappa shape index (κ2) is 19.6. The summed E-state index contributed by atoms with van der Waals surface area (Å²) in [5.74, 6) is 4.46. The molecule has 0 rings (SSSR count). The average molecular weight is 438 g/mol. The quantitative estimate of drug-likeness (QED) is 0.166. The van der Waals surface area contributed by atoms with Crippen LogP contribution in [-0.4, -0.2) is 17.3 Å². The average Bonchev–Trinajstić information content (AvgIpc) is 2.61. The van der Waals surface area contributed by atoms with Gasteiger partial charge >= 0.3 is 0 Å². The van der Waals surface area contributed by atoms with Gasteiger partial charge in [0.05, 0.1) is 0 Å². The van der Waals surface area contributed by atoms with E-state index < -0.39 is 8.46 Å². The standard InChI is InChI=1S/C23H49BrS/c1-4-7-10-13-16-19-22-25(24,21-18-15-12-9-6-3)23-20-17-14-11-8-5-2/h4-23H2,1-3H3. The van der Waals surface area contributed by atoms with E-state index in [2.05, 4.69) is 35.6 Å². The topological polar surface area (TPSA) is 0 Å². The van der Waals surface area contributed by atoms with Gasteiger partial charge in [0.25, 0.3) is 0 Å². The molecule has 0 saturated heterocycles. The van der Waals surface area contributed by atoms with Gasteiger partial charge in [-0.2, -0.15) is 8.46 Å².